The maximum Gasteiger partial charge on any atom is 0.355 e. The number of nitrogens with one attached hydrogen (secondary N) is 1. The van der Waals surface area contributed by atoms with Gasteiger partial charge in [-0.3, -0.25) is 4.79 Å². The van der Waals surface area contributed by atoms with Gasteiger partial charge in [0.15, 0.2) is 11.5 Å². The smallest absolute Gasteiger partial charge is 0.355 e. The summed E-state index contributed by atoms with van der Waals surface area (Å²) < 4.78 is 15.7. The van der Waals surface area contributed by atoms with Crippen LogP contribution in [0.2, 0.25) is 10.0 Å². The monoisotopic (exact) mass is 447 g/mol. The number of rotatable bonds is 8. The highest BCUT2D eigenvalue weighted by Crippen LogP contribution is 2.29. The third-order valence-electron chi connectivity index (χ3n) is 3.95. The number of hydrogen-bond donors (Lipinski definition) is 1. The van der Waals surface area contributed by atoms with Crippen molar-refractivity contribution >= 4 is 35.1 Å². The molecule has 6 nitrogen and oxygen atoms in total. The summed E-state index contributed by atoms with van der Waals surface area (Å²) in [6.45, 7) is 0.285. The number of esters is 1. The molecule has 2 rings (SSSR count). The average Bonchev–Trinajstić information content (AvgIpc) is 2.74. The van der Waals surface area contributed by atoms with E-state index in [9.17, 15) is 9.59 Å². The molecule has 0 atom stereocenters. The van der Waals surface area contributed by atoms with Crippen LogP contribution in [0.15, 0.2) is 48.2 Å². The lowest BCUT2D eigenvalue weighted by Gasteiger charge is -2.13. The molecule has 0 bridgehead atoms. The van der Waals surface area contributed by atoms with Crippen LogP contribution in [0.25, 0.3) is 0 Å². The number of methoxy groups -OCH3 is 2. The molecule has 0 aromatic heterocycles. The van der Waals surface area contributed by atoms with Crippen LogP contribution in [-0.2, 0) is 16.0 Å². The van der Waals surface area contributed by atoms with Crippen LogP contribution in [0.5, 0.6) is 11.5 Å². The fourth-order valence-electron chi connectivity index (χ4n) is 2.46. The van der Waals surface area contributed by atoms with Gasteiger partial charge in [-0.25, -0.2) is 4.79 Å². The first-order valence-electron chi connectivity index (χ1n) is 8.70. The van der Waals surface area contributed by atoms with Crippen LogP contribution in [0, 0.1) is 12.3 Å². The van der Waals surface area contributed by atoms with E-state index >= 15 is 0 Å². The molecule has 0 unspecified atom stereocenters. The Labute approximate surface area is 184 Å². The van der Waals surface area contributed by atoms with Crippen LogP contribution in [0.3, 0.4) is 0 Å². The van der Waals surface area contributed by atoms with Gasteiger partial charge >= 0.3 is 5.97 Å². The highest BCUT2D eigenvalue weighted by Gasteiger charge is 2.16. The predicted molar refractivity (Wildman–Crippen MR) is 115 cm³/mol. The zero-order valence-electron chi connectivity index (χ0n) is 16.3. The normalized spacial score (nSPS) is 10.7. The standard InChI is InChI=1S/C22H19Cl2NO5/c1-4-5-18(22(27)29-3)25-21(26)15-7-9-19(28-2)20(12-15)30-11-10-14-6-8-16(23)13-17(14)24/h1,5-9,12-13H,10-11H2,2-3H3,(H,25,26). The summed E-state index contributed by atoms with van der Waals surface area (Å²) >= 11 is 12.1. The first-order valence-corrected chi connectivity index (χ1v) is 9.46. The Morgan fingerprint density at radius 2 is 1.90 bits per heavy atom. The number of terminal acetylenes is 1. The lowest BCUT2D eigenvalue weighted by Crippen LogP contribution is -2.28. The van der Waals surface area contributed by atoms with E-state index in [1.807, 2.05) is 6.07 Å². The Hall–Kier alpha value is -3.14. The molecule has 8 heteroatoms. The minimum atomic E-state index is -0.758. The van der Waals surface area contributed by atoms with Gasteiger partial charge in [0.1, 0.15) is 5.70 Å². The van der Waals surface area contributed by atoms with Crippen LogP contribution >= 0.6 is 23.2 Å². The number of benzene rings is 2. The number of allylic oxidation sites excluding steroid dienone is 1. The molecule has 0 aliphatic rings. The minimum absolute atomic E-state index is 0.152. The van der Waals surface area contributed by atoms with Gasteiger partial charge in [0.2, 0.25) is 0 Å². The molecule has 2 aromatic rings. The summed E-state index contributed by atoms with van der Waals surface area (Å²) in [7, 11) is 2.67. The average molecular weight is 448 g/mol. The molecule has 0 saturated carbocycles. The second-order valence-electron chi connectivity index (χ2n) is 5.87. The Bertz CT molecular complexity index is 1010. The van der Waals surface area contributed by atoms with Gasteiger partial charge in [0, 0.05) is 28.1 Å². The zero-order chi connectivity index (χ0) is 22.1. The molecular formula is C22H19Cl2NO5. The van der Waals surface area contributed by atoms with E-state index in [0.717, 1.165) is 11.6 Å². The van der Waals surface area contributed by atoms with Crippen LogP contribution in [0.4, 0.5) is 0 Å². The fraction of sp³-hybridized carbons (Fsp3) is 0.182. The van der Waals surface area contributed by atoms with E-state index in [0.29, 0.717) is 28.0 Å². The van der Waals surface area contributed by atoms with E-state index in [-0.39, 0.29) is 17.9 Å². The van der Waals surface area contributed by atoms with Crippen molar-refractivity contribution < 1.29 is 23.8 Å². The van der Waals surface area contributed by atoms with E-state index in [1.54, 1.807) is 18.2 Å². The quantitative estimate of drug-likeness (QED) is 0.375. The van der Waals surface area contributed by atoms with Crippen molar-refractivity contribution in [1.29, 1.82) is 0 Å². The summed E-state index contributed by atoms with van der Waals surface area (Å²) in [6.07, 6.45) is 6.81. The number of amides is 1. The van der Waals surface area contributed by atoms with Crippen molar-refractivity contribution in [2.45, 2.75) is 6.42 Å². The van der Waals surface area contributed by atoms with Crippen molar-refractivity contribution in [3.63, 3.8) is 0 Å². The van der Waals surface area contributed by atoms with E-state index in [1.165, 1.54) is 26.4 Å². The number of carbonyl (C=O) groups excluding carboxylic acids is 2. The molecular weight excluding hydrogens is 429 g/mol. The highest BCUT2D eigenvalue weighted by molar-refractivity contribution is 6.35. The van der Waals surface area contributed by atoms with E-state index in [2.05, 4.69) is 16.0 Å². The molecule has 2 aromatic carbocycles. The lowest BCUT2D eigenvalue weighted by molar-refractivity contribution is -0.136. The fourth-order valence-corrected chi connectivity index (χ4v) is 2.96. The number of carbonyl (C=O) groups is 2. The molecule has 1 N–H and O–H groups in total. The molecule has 0 fully saturated rings. The van der Waals surface area contributed by atoms with Gasteiger partial charge in [0.05, 0.1) is 20.8 Å². The van der Waals surface area contributed by atoms with Gasteiger partial charge in [-0.1, -0.05) is 35.2 Å². The molecule has 0 spiro atoms. The Balaban J connectivity index is 2.14. The molecule has 0 saturated heterocycles. The van der Waals surface area contributed by atoms with E-state index in [4.69, 9.17) is 39.1 Å². The number of halogens is 2. The van der Waals surface area contributed by atoms with Crippen molar-refractivity contribution in [1.82, 2.24) is 5.32 Å². The van der Waals surface area contributed by atoms with Gasteiger partial charge in [-0.2, -0.15) is 0 Å². The molecule has 0 radical (unpaired) electrons. The zero-order valence-corrected chi connectivity index (χ0v) is 17.8. The molecule has 156 valence electrons. The van der Waals surface area contributed by atoms with Crippen molar-refractivity contribution in [2.24, 2.45) is 0 Å². The van der Waals surface area contributed by atoms with Crippen LogP contribution in [-0.4, -0.2) is 32.7 Å². The van der Waals surface area contributed by atoms with Crippen molar-refractivity contribution in [2.75, 3.05) is 20.8 Å². The van der Waals surface area contributed by atoms with Gasteiger partial charge in [0.25, 0.3) is 5.91 Å². The Morgan fingerprint density at radius 3 is 2.53 bits per heavy atom. The molecule has 0 heterocycles. The van der Waals surface area contributed by atoms with Gasteiger partial charge in [-0.05, 0) is 35.9 Å². The summed E-state index contributed by atoms with van der Waals surface area (Å²) in [5, 5.41) is 3.52. The number of ether oxygens (including phenoxy) is 3. The SMILES string of the molecule is C#CC=C(NC(=O)c1ccc(OC)c(OCCc2ccc(Cl)cc2Cl)c1)C(=O)OC. The Kier molecular flexibility index (Phi) is 8.60. The minimum Gasteiger partial charge on any atom is -0.493 e. The molecule has 0 aliphatic carbocycles. The van der Waals surface area contributed by atoms with Crippen molar-refractivity contribution in [3.05, 3.63) is 69.3 Å². The number of hydrogen-bond acceptors (Lipinski definition) is 5. The first-order chi connectivity index (χ1) is 14.4. The third-order valence-corrected chi connectivity index (χ3v) is 4.54. The topological polar surface area (TPSA) is 73.9 Å². The lowest BCUT2D eigenvalue weighted by atomic mass is 10.1. The summed E-state index contributed by atoms with van der Waals surface area (Å²) in [5.41, 5.74) is 0.957. The predicted octanol–water partition coefficient (Wildman–Crippen LogP) is 4.04. The van der Waals surface area contributed by atoms with Crippen LogP contribution in [0.1, 0.15) is 15.9 Å². The third kappa shape index (κ3) is 6.18. The summed E-state index contributed by atoms with van der Waals surface area (Å²) in [5.74, 6) is 1.66. The molecule has 30 heavy (non-hydrogen) atoms. The van der Waals surface area contributed by atoms with Gasteiger partial charge < -0.3 is 19.5 Å². The van der Waals surface area contributed by atoms with E-state index < -0.39 is 11.9 Å². The largest absolute Gasteiger partial charge is 0.493 e. The maximum atomic E-state index is 12.5. The van der Waals surface area contributed by atoms with Crippen LogP contribution < -0.4 is 14.8 Å². The second-order valence-corrected chi connectivity index (χ2v) is 6.71. The first kappa shape index (κ1) is 23.1. The molecule has 0 aliphatic heterocycles. The van der Waals surface area contributed by atoms with Crippen molar-refractivity contribution in [3.8, 4) is 23.8 Å². The summed E-state index contributed by atoms with van der Waals surface area (Å²) in [4.78, 5) is 24.2. The molecule has 1 amide bonds. The highest BCUT2D eigenvalue weighted by atomic mass is 35.5. The second kappa shape index (κ2) is 11.1. The summed E-state index contributed by atoms with van der Waals surface area (Å²) in [6, 6.07) is 9.84. The van der Waals surface area contributed by atoms with Gasteiger partial charge in [-0.15, -0.1) is 6.42 Å². The maximum absolute atomic E-state index is 12.5. The Morgan fingerprint density at radius 1 is 1.13 bits per heavy atom.